The summed E-state index contributed by atoms with van der Waals surface area (Å²) in [6, 6.07) is 4.95. The highest BCUT2D eigenvalue weighted by molar-refractivity contribution is 5.80. The Morgan fingerprint density at radius 1 is 1.29 bits per heavy atom. The molecule has 1 aromatic carbocycles. The van der Waals surface area contributed by atoms with Gasteiger partial charge in [-0.15, -0.1) is 0 Å². The summed E-state index contributed by atoms with van der Waals surface area (Å²) in [7, 11) is 0. The van der Waals surface area contributed by atoms with Crippen molar-refractivity contribution in [3.05, 3.63) is 35.7 Å². The molecule has 1 heterocycles. The van der Waals surface area contributed by atoms with Gasteiger partial charge >= 0.3 is 6.09 Å². The smallest absolute Gasteiger partial charge is 0.407 e. The van der Waals surface area contributed by atoms with Gasteiger partial charge in [-0.2, -0.15) is 0 Å². The maximum atomic E-state index is 14.6. The van der Waals surface area contributed by atoms with Gasteiger partial charge in [0, 0.05) is 25.6 Å². The first-order valence-electron chi connectivity index (χ1n) is 10.9. The fraction of sp³-hybridized carbons (Fsp3) is 0.565. The van der Waals surface area contributed by atoms with Crippen LogP contribution in [0.25, 0.3) is 5.57 Å². The molecule has 1 aliphatic heterocycles. The van der Waals surface area contributed by atoms with Crippen molar-refractivity contribution in [3.63, 3.8) is 0 Å². The van der Waals surface area contributed by atoms with Gasteiger partial charge in [0.2, 0.25) is 5.91 Å². The van der Waals surface area contributed by atoms with Gasteiger partial charge in [0.25, 0.3) is 0 Å². The number of nitrogens with zero attached hydrogens (tertiary/aromatic N) is 1. The first kappa shape index (κ1) is 23.1. The molecule has 1 aliphatic carbocycles. The van der Waals surface area contributed by atoms with E-state index in [-0.39, 0.29) is 30.0 Å². The number of hydrogen-bond acceptors (Lipinski definition) is 4. The van der Waals surface area contributed by atoms with Gasteiger partial charge in [-0.3, -0.25) is 4.79 Å². The summed E-state index contributed by atoms with van der Waals surface area (Å²) in [6.45, 7) is 3.21. The largest absolute Gasteiger partial charge is 0.490 e. The fourth-order valence-corrected chi connectivity index (χ4v) is 4.04. The molecule has 2 aliphatic rings. The van der Waals surface area contributed by atoms with E-state index >= 15 is 0 Å². The summed E-state index contributed by atoms with van der Waals surface area (Å²) in [6.07, 6.45) is 3.92. The zero-order valence-corrected chi connectivity index (χ0v) is 17.8. The van der Waals surface area contributed by atoms with E-state index in [1.165, 1.54) is 11.0 Å². The highest BCUT2D eigenvalue weighted by Gasteiger charge is 2.24. The van der Waals surface area contributed by atoms with Crippen LogP contribution in [0.4, 0.5) is 9.18 Å². The Labute approximate surface area is 181 Å². The molecule has 0 bridgehead atoms. The molecule has 0 spiro atoms. The minimum Gasteiger partial charge on any atom is -0.490 e. The van der Waals surface area contributed by atoms with Crippen LogP contribution in [0.2, 0.25) is 0 Å². The van der Waals surface area contributed by atoms with E-state index in [2.05, 4.69) is 5.32 Å². The lowest BCUT2D eigenvalue weighted by molar-refractivity contribution is -0.125. The van der Waals surface area contributed by atoms with Crippen molar-refractivity contribution in [2.45, 2.75) is 45.1 Å². The normalized spacial score (nSPS) is 20.7. The van der Waals surface area contributed by atoms with Crippen molar-refractivity contribution in [2.75, 3.05) is 26.2 Å². The molecule has 170 valence electrons. The molecule has 0 saturated carbocycles. The molecule has 8 heteroatoms. The molecule has 1 fully saturated rings. The number of halogens is 1. The van der Waals surface area contributed by atoms with Crippen molar-refractivity contribution < 1.29 is 28.9 Å². The second kappa shape index (κ2) is 10.6. The van der Waals surface area contributed by atoms with E-state index < -0.39 is 18.0 Å². The van der Waals surface area contributed by atoms with Gasteiger partial charge in [0.15, 0.2) is 11.6 Å². The third-order valence-corrected chi connectivity index (χ3v) is 6.02. The van der Waals surface area contributed by atoms with Crippen molar-refractivity contribution in [1.82, 2.24) is 10.2 Å². The minimum atomic E-state index is -0.898. The number of carbonyl (C=O) groups excluding carboxylic acids is 1. The summed E-state index contributed by atoms with van der Waals surface area (Å²) in [5, 5.41) is 21.0. The van der Waals surface area contributed by atoms with E-state index in [4.69, 9.17) is 9.84 Å². The van der Waals surface area contributed by atoms with Crippen LogP contribution in [0.15, 0.2) is 24.3 Å². The molecule has 0 radical (unpaired) electrons. The number of carboxylic acid groups (broad SMARTS) is 1. The van der Waals surface area contributed by atoms with Crippen LogP contribution < -0.4 is 10.1 Å². The number of piperidine rings is 1. The fourth-order valence-electron chi connectivity index (χ4n) is 4.04. The van der Waals surface area contributed by atoms with Gasteiger partial charge in [-0.1, -0.05) is 12.1 Å². The Morgan fingerprint density at radius 2 is 2.03 bits per heavy atom. The number of aliphatic hydroxyl groups excluding tert-OH is 1. The zero-order chi connectivity index (χ0) is 22.4. The van der Waals surface area contributed by atoms with Crippen LogP contribution in [-0.4, -0.2) is 59.5 Å². The topological polar surface area (TPSA) is 99.1 Å². The van der Waals surface area contributed by atoms with Gasteiger partial charge < -0.3 is 25.2 Å². The molecule has 3 N–H and O–H groups in total. The van der Waals surface area contributed by atoms with Crippen molar-refractivity contribution in [1.29, 1.82) is 0 Å². The van der Waals surface area contributed by atoms with Crippen LogP contribution in [0.1, 0.15) is 44.6 Å². The van der Waals surface area contributed by atoms with Crippen LogP contribution in [-0.2, 0) is 4.79 Å². The second-order valence-corrected chi connectivity index (χ2v) is 8.46. The van der Waals surface area contributed by atoms with Gasteiger partial charge in [0.05, 0.1) is 12.7 Å². The first-order chi connectivity index (χ1) is 14.8. The Morgan fingerprint density at radius 3 is 2.61 bits per heavy atom. The number of carbonyl (C=O) groups is 2. The lowest BCUT2D eigenvalue weighted by Gasteiger charge is -2.29. The van der Waals surface area contributed by atoms with Gasteiger partial charge in [-0.25, -0.2) is 9.18 Å². The molecule has 7 nitrogen and oxygen atoms in total. The number of ether oxygens (including phenoxy) is 1. The zero-order valence-electron chi connectivity index (χ0n) is 17.8. The average Bonchev–Trinajstić information content (AvgIpc) is 2.77. The predicted molar refractivity (Wildman–Crippen MR) is 114 cm³/mol. The Hall–Kier alpha value is -2.61. The Bertz CT molecular complexity index is 818. The van der Waals surface area contributed by atoms with Gasteiger partial charge in [0.1, 0.15) is 0 Å². The number of aliphatic hydroxyl groups is 1. The number of nitrogens with one attached hydrogen (secondary N) is 1. The monoisotopic (exact) mass is 434 g/mol. The maximum Gasteiger partial charge on any atom is 0.407 e. The van der Waals surface area contributed by atoms with E-state index in [1.54, 1.807) is 13.0 Å². The Balaban J connectivity index is 1.50. The summed E-state index contributed by atoms with van der Waals surface area (Å²) < 4.78 is 20.3. The molecule has 31 heavy (non-hydrogen) atoms. The minimum absolute atomic E-state index is 0.0553. The van der Waals surface area contributed by atoms with E-state index in [0.717, 1.165) is 11.1 Å². The molecule has 2 unspecified atom stereocenters. The Kier molecular flexibility index (Phi) is 7.90. The first-order valence-corrected chi connectivity index (χ1v) is 10.9. The molecule has 1 saturated heterocycles. The lowest BCUT2D eigenvalue weighted by Crippen LogP contribution is -2.38. The molecular weight excluding hydrogens is 403 g/mol. The third-order valence-electron chi connectivity index (χ3n) is 6.02. The quantitative estimate of drug-likeness (QED) is 0.612. The molecule has 3 rings (SSSR count). The highest BCUT2D eigenvalue weighted by Crippen LogP contribution is 2.32. The number of allylic oxidation sites excluding steroid dienone is 2. The summed E-state index contributed by atoms with van der Waals surface area (Å²) >= 11 is 0. The number of likely N-dealkylation sites (tertiary alicyclic amines) is 1. The predicted octanol–water partition coefficient (Wildman–Crippen LogP) is 3.28. The number of benzene rings is 1. The SMILES string of the molecule is CC(O)CNC(=O)C1CC=C(c2ccc(OCC3CCN(C(=O)O)CC3)c(F)c2)CC1. The molecular formula is C23H31FN2O5. The highest BCUT2D eigenvalue weighted by atomic mass is 19.1. The molecule has 1 aromatic rings. The van der Waals surface area contributed by atoms with Crippen LogP contribution in [0.3, 0.4) is 0 Å². The van der Waals surface area contributed by atoms with Gasteiger partial charge in [-0.05, 0) is 68.2 Å². The number of hydrogen-bond donors (Lipinski definition) is 3. The second-order valence-electron chi connectivity index (χ2n) is 8.46. The van der Waals surface area contributed by atoms with E-state index in [1.807, 2.05) is 12.1 Å². The number of rotatable bonds is 7. The average molecular weight is 435 g/mol. The summed E-state index contributed by atoms with van der Waals surface area (Å²) in [4.78, 5) is 24.5. The van der Waals surface area contributed by atoms with Crippen molar-refractivity contribution >= 4 is 17.6 Å². The lowest BCUT2D eigenvalue weighted by atomic mass is 9.86. The van der Waals surface area contributed by atoms with Crippen LogP contribution >= 0.6 is 0 Å². The number of amides is 2. The molecule has 2 amide bonds. The third kappa shape index (κ3) is 6.43. The molecule has 0 aromatic heterocycles. The van der Waals surface area contributed by atoms with E-state index in [0.29, 0.717) is 51.8 Å². The molecule has 2 atom stereocenters. The van der Waals surface area contributed by atoms with E-state index in [9.17, 15) is 19.1 Å². The standard InChI is InChI=1S/C23H31FN2O5/c1-15(27)13-25-22(28)18-4-2-17(3-5-18)19-6-7-21(20(24)12-19)31-14-16-8-10-26(11-9-16)23(29)30/h2,6-7,12,15-16,18,27H,3-5,8-11,13-14H2,1H3,(H,25,28)(H,29,30). The van der Waals surface area contributed by atoms with Crippen LogP contribution in [0, 0.1) is 17.7 Å². The van der Waals surface area contributed by atoms with Crippen molar-refractivity contribution in [2.24, 2.45) is 11.8 Å². The van der Waals surface area contributed by atoms with Crippen molar-refractivity contribution in [3.8, 4) is 5.75 Å². The maximum absolute atomic E-state index is 14.6. The summed E-state index contributed by atoms with van der Waals surface area (Å²) in [5.74, 6) is -0.176. The van der Waals surface area contributed by atoms with Crippen LogP contribution in [0.5, 0.6) is 5.75 Å². The summed E-state index contributed by atoms with van der Waals surface area (Å²) in [5.41, 5.74) is 1.81.